The van der Waals surface area contributed by atoms with Crippen molar-refractivity contribution in [1.29, 1.82) is 0 Å². The Balaban J connectivity index is 2.25. The van der Waals surface area contributed by atoms with Gasteiger partial charge in [-0.15, -0.1) is 0 Å². The fraction of sp³-hybridized carbons (Fsp3) is 0.625. The average Bonchev–Trinajstić information content (AvgIpc) is 2.46. The SMILES string of the molecule is CCNC(CC(C)CC)c1cccc2c1OCCO2. The van der Waals surface area contributed by atoms with Crippen LogP contribution < -0.4 is 14.8 Å². The summed E-state index contributed by atoms with van der Waals surface area (Å²) >= 11 is 0. The van der Waals surface area contributed by atoms with Crippen LogP contribution in [0, 0.1) is 5.92 Å². The van der Waals surface area contributed by atoms with E-state index in [0.717, 1.165) is 24.5 Å². The highest BCUT2D eigenvalue weighted by Crippen LogP contribution is 2.38. The average molecular weight is 263 g/mol. The Kier molecular flexibility index (Phi) is 5.08. The van der Waals surface area contributed by atoms with Crippen molar-refractivity contribution in [3.8, 4) is 11.5 Å². The van der Waals surface area contributed by atoms with Crippen LogP contribution in [0.4, 0.5) is 0 Å². The number of para-hydroxylation sites is 1. The number of fused-ring (bicyclic) bond motifs is 1. The topological polar surface area (TPSA) is 30.5 Å². The lowest BCUT2D eigenvalue weighted by Gasteiger charge is -2.27. The van der Waals surface area contributed by atoms with E-state index in [1.165, 1.54) is 12.0 Å². The van der Waals surface area contributed by atoms with E-state index in [0.29, 0.717) is 25.2 Å². The molecule has 1 N–H and O–H groups in total. The second kappa shape index (κ2) is 6.80. The zero-order chi connectivity index (χ0) is 13.7. The highest BCUT2D eigenvalue weighted by molar-refractivity contribution is 5.48. The summed E-state index contributed by atoms with van der Waals surface area (Å²) in [6, 6.07) is 6.55. The third kappa shape index (κ3) is 3.41. The minimum absolute atomic E-state index is 0.344. The summed E-state index contributed by atoms with van der Waals surface area (Å²) in [6.45, 7) is 8.95. The van der Waals surface area contributed by atoms with Gasteiger partial charge in [0.1, 0.15) is 13.2 Å². The molecular weight excluding hydrogens is 238 g/mol. The molecule has 2 rings (SSSR count). The van der Waals surface area contributed by atoms with Gasteiger partial charge in [-0.3, -0.25) is 0 Å². The number of benzene rings is 1. The molecule has 0 bridgehead atoms. The number of ether oxygens (including phenoxy) is 2. The van der Waals surface area contributed by atoms with Gasteiger partial charge in [0.2, 0.25) is 0 Å². The Morgan fingerprint density at radius 3 is 2.74 bits per heavy atom. The van der Waals surface area contributed by atoms with Gasteiger partial charge in [-0.25, -0.2) is 0 Å². The number of nitrogens with one attached hydrogen (secondary N) is 1. The first-order valence-corrected chi connectivity index (χ1v) is 7.38. The summed E-state index contributed by atoms with van der Waals surface area (Å²) < 4.78 is 11.5. The molecule has 1 aromatic rings. The summed E-state index contributed by atoms with van der Waals surface area (Å²) in [5.41, 5.74) is 1.24. The molecule has 0 saturated heterocycles. The number of hydrogen-bond donors (Lipinski definition) is 1. The van der Waals surface area contributed by atoms with E-state index in [1.807, 2.05) is 6.07 Å². The molecule has 0 fully saturated rings. The molecule has 1 aliphatic heterocycles. The lowest BCUT2D eigenvalue weighted by molar-refractivity contribution is 0.168. The fourth-order valence-corrected chi connectivity index (χ4v) is 2.51. The van der Waals surface area contributed by atoms with Gasteiger partial charge in [-0.05, 0) is 24.9 Å². The Morgan fingerprint density at radius 2 is 2.00 bits per heavy atom. The molecule has 0 aromatic heterocycles. The van der Waals surface area contributed by atoms with Crippen LogP contribution in [-0.2, 0) is 0 Å². The maximum atomic E-state index is 5.83. The van der Waals surface area contributed by atoms with Gasteiger partial charge in [0.25, 0.3) is 0 Å². The van der Waals surface area contributed by atoms with Crippen molar-refractivity contribution < 1.29 is 9.47 Å². The Labute approximate surface area is 116 Å². The second-order valence-corrected chi connectivity index (χ2v) is 5.23. The largest absolute Gasteiger partial charge is 0.486 e. The van der Waals surface area contributed by atoms with E-state index < -0.39 is 0 Å². The van der Waals surface area contributed by atoms with Crippen LogP contribution in [0.15, 0.2) is 18.2 Å². The molecule has 2 atom stereocenters. The summed E-state index contributed by atoms with van der Waals surface area (Å²) in [5, 5.41) is 3.58. The summed E-state index contributed by atoms with van der Waals surface area (Å²) in [7, 11) is 0. The predicted octanol–water partition coefficient (Wildman–Crippen LogP) is 3.54. The highest BCUT2D eigenvalue weighted by Gasteiger charge is 2.22. The van der Waals surface area contributed by atoms with Crippen molar-refractivity contribution in [3.63, 3.8) is 0 Å². The Morgan fingerprint density at radius 1 is 1.21 bits per heavy atom. The van der Waals surface area contributed by atoms with Crippen molar-refractivity contribution >= 4 is 0 Å². The molecule has 3 nitrogen and oxygen atoms in total. The number of hydrogen-bond acceptors (Lipinski definition) is 3. The van der Waals surface area contributed by atoms with Crippen LogP contribution in [0.5, 0.6) is 11.5 Å². The molecule has 1 aliphatic rings. The molecule has 1 aromatic carbocycles. The third-order valence-corrected chi connectivity index (χ3v) is 3.76. The van der Waals surface area contributed by atoms with Crippen LogP contribution in [0.1, 0.15) is 45.2 Å². The molecular formula is C16H25NO2. The molecule has 0 saturated carbocycles. The van der Waals surface area contributed by atoms with Gasteiger partial charge in [0, 0.05) is 11.6 Å². The van der Waals surface area contributed by atoms with Gasteiger partial charge >= 0.3 is 0 Å². The summed E-state index contributed by atoms with van der Waals surface area (Å²) in [6.07, 6.45) is 2.33. The maximum Gasteiger partial charge on any atom is 0.166 e. The second-order valence-electron chi connectivity index (χ2n) is 5.23. The van der Waals surface area contributed by atoms with Crippen molar-refractivity contribution in [3.05, 3.63) is 23.8 Å². The molecule has 0 radical (unpaired) electrons. The molecule has 0 aliphatic carbocycles. The number of rotatable bonds is 6. The molecule has 0 amide bonds. The minimum Gasteiger partial charge on any atom is -0.486 e. The smallest absolute Gasteiger partial charge is 0.166 e. The molecule has 1 heterocycles. The molecule has 106 valence electrons. The van der Waals surface area contributed by atoms with E-state index in [4.69, 9.17) is 9.47 Å². The van der Waals surface area contributed by atoms with Gasteiger partial charge in [0.15, 0.2) is 11.5 Å². The Hall–Kier alpha value is -1.22. The van der Waals surface area contributed by atoms with E-state index in [-0.39, 0.29) is 0 Å². The van der Waals surface area contributed by atoms with Crippen LogP contribution >= 0.6 is 0 Å². The van der Waals surface area contributed by atoms with E-state index in [1.54, 1.807) is 0 Å². The van der Waals surface area contributed by atoms with Crippen molar-refractivity contribution in [1.82, 2.24) is 5.32 Å². The highest BCUT2D eigenvalue weighted by atomic mass is 16.6. The summed E-state index contributed by atoms with van der Waals surface area (Å²) in [4.78, 5) is 0. The standard InChI is InChI=1S/C16H25NO2/c1-4-12(3)11-14(17-5-2)13-7-6-8-15-16(13)19-10-9-18-15/h6-8,12,14,17H,4-5,9-11H2,1-3H3. The normalized spacial score (nSPS) is 17.0. The van der Waals surface area contributed by atoms with Gasteiger partial charge < -0.3 is 14.8 Å². The van der Waals surface area contributed by atoms with Crippen LogP contribution in [-0.4, -0.2) is 19.8 Å². The lowest BCUT2D eigenvalue weighted by Crippen LogP contribution is -2.25. The van der Waals surface area contributed by atoms with Crippen LogP contribution in [0.2, 0.25) is 0 Å². The first kappa shape index (κ1) is 14.2. The van der Waals surface area contributed by atoms with Crippen molar-refractivity contribution in [2.24, 2.45) is 5.92 Å². The molecule has 3 heteroatoms. The summed E-state index contributed by atoms with van der Waals surface area (Å²) in [5.74, 6) is 2.52. The van der Waals surface area contributed by atoms with Gasteiger partial charge in [0.05, 0.1) is 0 Å². The van der Waals surface area contributed by atoms with E-state index in [2.05, 4.69) is 38.2 Å². The molecule has 2 unspecified atom stereocenters. The van der Waals surface area contributed by atoms with Crippen molar-refractivity contribution in [2.45, 2.75) is 39.7 Å². The Bertz CT molecular complexity index is 406. The van der Waals surface area contributed by atoms with Crippen LogP contribution in [0.3, 0.4) is 0 Å². The zero-order valence-electron chi connectivity index (χ0n) is 12.2. The van der Waals surface area contributed by atoms with Crippen molar-refractivity contribution in [2.75, 3.05) is 19.8 Å². The first-order valence-electron chi connectivity index (χ1n) is 7.38. The van der Waals surface area contributed by atoms with Crippen LogP contribution in [0.25, 0.3) is 0 Å². The van der Waals surface area contributed by atoms with E-state index in [9.17, 15) is 0 Å². The monoisotopic (exact) mass is 263 g/mol. The molecule has 19 heavy (non-hydrogen) atoms. The fourth-order valence-electron chi connectivity index (χ4n) is 2.51. The van der Waals surface area contributed by atoms with Gasteiger partial charge in [-0.2, -0.15) is 0 Å². The third-order valence-electron chi connectivity index (χ3n) is 3.76. The molecule has 0 spiro atoms. The van der Waals surface area contributed by atoms with Gasteiger partial charge in [-0.1, -0.05) is 39.3 Å². The zero-order valence-corrected chi connectivity index (χ0v) is 12.2. The van der Waals surface area contributed by atoms with E-state index >= 15 is 0 Å². The lowest BCUT2D eigenvalue weighted by atomic mass is 9.93. The predicted molar refractivity (Wildman–Crippen MR) is 77.9 cm³/mol. The minimum atomic E-state index is 0.344. The first-order chi connectivity index (χ1) is 9.26. The quantitative estimate of drug-likeness (QED) is 0.851. The maximum absolute atomic E-state index is 5.83.